The second-order valence-corrected chi connectivity index (χ2v) is 18.6. The molecular weight excluding hydrogens is 906 g/mol. The van der Waals surface area contributed by atoms with E-state index >= 15 is 4.39 Å². The number of nitrogens with one attached hydrogen (secondary N) is 3. The number of aromatic nitrogens is 3. The van der Waals surface area contributed by atoms with Gasteiger partial charge in [0.2, 0.25) is 5.91 Å². The summed E-state index contributed by atoms with van der Waals surface area (Å²) in [5.74, 6) is -2.16. The third-order valence-corrected chi connectivity index (χ3v) is 12.1. The quantitative estimate of drug-likeness (QED) is 0.115. The fourth-order valence-corrected chi connectivity index (χ4v) is 8.42. The molecule has 0 saturated carbocycles. The molecule has 19 nitrogen and oxygen atoms in total. The number of piperazine rings is 1. The lowest BCUT2D eigenvalue weighted by Gasteiger charge is -2.55. The molecule has 70 heavy (non-hydrogen) atoms. The van der Waals surface area contributed by atoms with Gasteiger partial charge in [-0.1, -0.05) is 54.6 Å². The number of rotatable bonds is 16. The Morgan fingerprint density at radius 2 is 1.60 bits per heavy atom. The fourth-order valence-electron chi connectivity index (χ4n) is 8.42. The third-order valence-electron chi connectivity index (χ3n) is 12.1. The molecule has 3 fully saturated rings. The van der Waals surface area contributed by atoms with Crippen molar-refractivity contribution >= 4 is 52.1 Å². The van der Waals surface area contributed by atoms with Gasteiger partial charge in [-0.2, -0.15) is 5.10 Å². The van der Waals surface area contributed by atoms with E-state index < -0.39 is 35.4 Å². The van der Waals surface area contributed by atoms with Crippen LogP contribution >= 0.6 is 0 Å². The largest absolute Gasteiger partial charge is 0.445 e. The lowest BCUT2D eigenvalue weighted by molar-refractivity contribution is -0.133. The maximum atomic E-state index is 15.2. The number of hydrogen-bond acceptors (Lipinski definition) is 13. The van der Waals surface area contributed by atoms with Crippen molar-refractivity contribution in [2.24, 2.45) is 5.41 Å². The highest BCUT2D eigenvalue weighted by atomic mass is 19.1. The number of anilines is 2. The molecule has 0 radical (unpaired) electrons. The van der Waals surface area contributed by atoms with E-state index in [9.17, 15) is 28.8 Å². The summed E-state index contributed by atoms with van der Waals surface area (Å²) in [6.45, 7) is 8.39. The summed E-state index contributed by atoms with van der Waals surface area (Å²) < 4.78 is 37.4. The maximum Gasteiger partial charge on any atom is 0.412 e. The SMILES string of the molecule is CC(C)(C)OC(=O)Nc1cc(N2CC3(COC3)C2)cnc1C(=O)NCCOCCN(CC(=O)N1CCN(C(=O)c2cc(Cc3n[nH]c(=O)c4ccccc34)ccc2F)CC1)C(=O)OCc1ccccc1. The van der Waals surface area contributed by atoms with Crippen molar-refractivity contribution in [1.82, 2.24) is 35.2 Å². The Hall–Kier alpha value is -7.45. The molecule has 3 saturated heterocycles. The summed E-state index contributed by atoms with van der Waals surface area (Å²) in [4.78, 5) is 90.0. The summed E-state index contributed by atoms with van der Waals surface area (Å²) in [6.07, 6.45) is 0.358. The molecular formula is C50H56FN9O10. The molecule has 20 heteroatoms. The monoisotopic (exact) mass is 961 g/mol. The molecule has 0 aliphatic carbocycles. The van der Waals surface area contributed by atoms with E-state index in [1.54, 1.807) is 75.5 Å². The number of hydrogen-bond donors (Lipinski definition) is 3. The molecule has 3 aliphatic heterocycles. The number of amides is 5. The summed E-state index contributed by atoms with van der Waals surface area (Å²) in [6, 6.07) is 22.1. The summed E-state index contributed by atoms with van der Waals surface area (Å²) in [5.41, 5.74) is 1.78. The minimum atomic E-state index is -0.773. The zero-order valence-corrected chi connectivity index (χ0v) is 39.3. The molecule has 0 unspecified atom stereocenters. The predicted molar refractivity (Wildman–Crippen MR) is 255 cm³/mol. The molecule has 368 valence electrons. The van der Waals surface area contributed by atoms with Gasteiger partial charge in [0.15, 0.2) is 5.69 Å². The molecule has 5 aromatic rings. The van der Waals surface area contributed by atoms with E-state index in [0.717, 1.165) is 24.3 Å². The Labute approximate surface area is 403 Å². The molecule has 5 heterocycles. The standard InChI is InChI=1S/C50H56FN9O10/c1-49(2,3)70-47(65)54-41-25-35(60-29-50(30-60)31-68-32-50)26-53-43(41)45(63)52-15-21-67-22-20-59(48(66)69-28-33-9-5-4-6-10-33)27-42(61)57-16-18-58(19-17-57)46(64)38-23-34(13-14-39(38)51)24-40-36-11-7-8-12-37(36)44(62)56-55-40/h4-14,23,25-26H,15-22,24,27-32H2,1-3H3,(H,52,63)(H,54,65)(H,56,62). The first-order chi connectivity index (χ1) is 33.6. The topological polar surface area (TPSA) is 218 Å². The summed E-state index contributed by atoms with van der Waals surface area (Å²) in [5, 5.41) is 13.3. The van der Waals surface area contributed by atoms with Gasteiger partial charge in [0.25, 0.3) is 17.4 Å². The number of carbonyl (C=O) groups excluding carboxylic acids is 5. The van der Waals surface area contributed by atoms with Gasteiger partial charge < -0.3 is 39.0 Å². The number of H-pyrrole nitrogens is 1. The molecule has 0 atom stereocenters. The first-order valence-electron chi connectivity index (χ1n) is 23.1. The zero-order valence-electron chi connectivity index (χ0n) is 39.3. The molecule has 8 rings (SSSR count). The van der Waals surface area contributed by atoms with Gasteiger partial charge in [-0.05, 0) is 56.2 Å². The second kappa shape index (κ2) is 21.5. The number of aromatic amines is 1. The first kappa shape index (κ1) is 49.0. The van der Waals surface area contributed by atoms with E-state index in [2.05, 4.69) is 30.7 Å². The Bertz CT molecular complexity index is 2780. The highest BCUT2D eigenvalue weighted by Gasteiger charge is 2.49. The van der Waals surface area contributed by atoms with Gasteiger partial charge in [-0.15, -0.1) is 0 Å². The Morgan fingerprint density at radius 1 is 0.886 bits per heavy atom. The van der Waals surface area contributed by atoms with Gasteiger partial charge in [-0.3, -0.25) is 29.4 Å². The number of fused-ring (bicyclic) bond motifs is 1. The Kier molecular flexibility index (Phi) is 15.0. The minimum Gasteiger partial charge on any atom is -0.445 e. The molecule has 2 aromatic heterocycles. The van der Waals surface area contributed by atoms with E-state index in [0.29, 0.717) is 35.2 Å². The fraction of sp³-hybridized carbons (Fsp3) is 0.400. The Balaban J connectivity index is 0.837. The van der Waals surface area contributed by atoms with Crippen LogP contribution in [0.15, 0.2) is 89.9 Å². The van der Waals surface area contributed by atoms with Crippen LogP contribution in [0, 0.1) is 11.2 Å². The molecule has 5 amide bonds. The van der Waals surface area contributed by atoms with Crippen LogP contribution in [0.25, 0.3) is 10.8 Å². The molecule has 3 aliphatic rings. The van der Waals surface area contributed by atoms with Crippen LogP contribution in [0.4, 0.5) is 25.4 Å². The van der Waals surface area contributed by atoms with Gasteiger partial charge in [0.05, 0.1) is 66.1 Å². The predicted octanol–water partition coefficient (Wildman–Crippen LogP) is 4.60. The van der Waals surface area contributed by atoms with Crippen molar-refractivity contribution in [2.45, 2.75) is 39.4 Å². The van der Waals surface area contributed by atoms with Gasteiger partial charge in [-0.25, -0.2) is 24.1 Å². The maximum absolute atomic E-state index is 15.2. The van der Waals surface area contributed by atoms with Crippen LogP contribution in [-0.2, 0) is 36.8 Å². The van der Waals surface area contributed by atoms with Gasteiger partial charge in [0.1, 0.15) is 24.6 Å². The average Bonchev–Trinajstić information content (AvgIpc) is 3.31. The van der Waals surface area contributed by atoms with Crippen LogP contribution < -0.4 is 21.1 Å². The van der Waals surface area contributed by atoms with Crippen molar-refractivity contribution in [3.63, 3.8) is 0 Å². The van der Waals surface area contributed by atoms with Gasteiger partial charge in [0, 0.05) is 64.2 Å². The molecule has 3 aromatic carbocycles. The van der Waals surface area contributed by atoms with Crippen molar-refractivity contribution in [3.8, 4) is 0 Å². The highest BCUT2D eigenvalue weighted by Crippen LogP contribution is 2.40. The smallest absolute Gasteiger partial charge is 0.412 e. The Morgan fingerprint density at radius 3 is 2.31 bits per heavy atom. The van der Waals surface area contributed by atoms with Gasteiger partial charge >= 0.3 is 12.2 Å². The summed E-state index contributed by atoms with van der Waals surface area (Å²) in [7, 11) is 0. The van der Waals surface area contributed by atoms with E-state index in [1.165, 1.54) is 26.8 Å². The number of benzene rings is 3. The average molecular weight is 962 g/mol. The summed E-state index contributed by atoms with van der Waals surface area (Å²) >= 11 is 0. The first-order valence-corrected chi connectivity index (χ1v) is 23.1. The number of nitrogens with zero attached hydrogens (tertiary/aromatic N) is 6. The number of halogens is 1. The normalized spacial score (nSPS) is 15.2. The number of pyridine rings is 1. The minimum absolute atomic E-state index is 0.00818. The van der Waals surface area contributed by atoms with E-state index in [-0.39, 0.29) is 106 Å². The molecule has 3 N–H and O–H groups in total. The lowest BCUT2D eigenvalue weighted by Crippen LogP contribution is -2.66. The van der Waals surface area contributed by atoms with Crippen LogP contribution in [-0.4, -0.2) is 151 Å². The van der Waals surface area contributed by atoms with Crippen LogP contribution in [0.2, 0.25) is 0 Å². The number of ether oxygens (including phenoxy) is 4. The van der Waals surface area contributed by atoms with E-state index in [1.807, 2.05) is 18.2 Å². The molecule has 0 bridgehead atoms. The zero-order chi connectivity index (χ0) is 49.4. The number of carbonyl (C=O) groups is 5. The third kappa shape index (κ3) is 12.0. The highest BCUT2D eigenvalue weighted by molar-refractivity contribution is 6.01. The second-order valence-electron chi connectivity index (χ2n) is 18.6. The van der Waals surface area contributed by atoms with Crippen LogP contribution in [0.1, 0.15) is 58.4 Å². The molecule has 1 spiro atoms. The van der Waals surface area contributed by atoms with Crippen LogP contribution in [0.3, 0.4) is 0 Å². The van der Waals surface area contributed by atoms with E-state index in [4.69, 9.17) is 18.9 Å². The lowest BCUT2D eigenvalue weighted by atomic mass is 9.78. The van der Waals surface area contributed by atoms with Crippen molar-refractivity contribution in [2.75, 3.05) is 95.5 Å². The van der Waals surface area contributed by atoms with Crippen LogP contribution in [0.5, 0.6) is 0 Å². The van der Waals surface area contributed by atoms with Crippen molar-refractivity contribution in [3.05, 3.63) is 129 Å². The van der Waals surface area contributed by atoms with Crippen molar-refractivity contribution < 1.29 is 47.3 Å². The van der Waals surface area contributed by atoms with Crippen molar-refractivity contribution in [1.29, 1.82) is 0 Å².